The molecule has 0 aliphatic heterocycles. The van der Waals surface area contributed by atoms with E-state index < -0.39 is 11.9 Å². The van der Waals surface area contributed by atoms with Crippen molar-refractivity contribution in [3.8, 4) is 0 Å². The molecule has 2 aromatic rings. The third kappa shape index (κ3) is 3.50. The van der Waals surface area contributed by atoms with Gasteiger partial charge in [0.15, 0.2) is 0 Å². The highest BCUT2D eigenvalue weighted by Gasteiger charge is 2.15. The molecule has 22 heavy (non-hydrogen) atoms. The van der Waals surface area contributed by atoms with E-state index in [-0.39, 0.29) is 17.0 Å². The number of nitrogens with one attached hydrogen (secondary N) is 1. The van der Waals surface area contributed by atoms with Crippen LogP contribution in [0.1, 0.15) is 30.4 Å². The Morgan fingerprint density at radius 2 is 1.59 bits per heavy atom. The number of hydrogen-bond donors (Lipinski definition) is 1. The summed E-state index contributed by atoms with van der Waals surface area (Å²) in [6.07, 6.45) is 0. The fourth-order valence-corrected chi connectivity index (χ4v) is 2.39. The Kier molecular flexibility index (Phi) is 4.90. The molecule has 1 amide bonds. The summed E-state index contributed by atoms with van der Waals surface area (Å²) in [7, 11) is 2.47. The number of benzene rings is 1. The van der Waals surface area contributed by atoms with E-state index in [4.69, 9.17) is 0 Å². The van der Waals surface area contributed by atoms with Crippen molar-refractivity contribution in [1.82, 2.24) is 0 Å². The Bertz CT molecular complexity index is 674. The SMILES string of the molecule is COC(=O)c1cc(NC(=O)c2cccs2)cc(C(=O)OC)c1. The quantitative estimate of drug-likeness (QED) is 0.876. The molecule has 1 N–H and O–H groups in total. The summed E-state index contributed by atoms with van der Waals surface area (Å²) in [6.45, 7) is 0. The molecule has 0 atom stereocenters. The third-order valence-electron chi connectivity index (χ3n) is 2.78. The minimum Gasteiger partial charge on any atom is -0.465 e. The monoisotopic (exact) mass is 319 g/mol. The highest BCUT2D eigenvalue weighted by atomic mass is 32.1. The lowest BCUT2D eigenvalue weighted by molar-refractivity contribution is 0.0599. The van der Waals surface area contributed by atoms with Gasteiger partial charge in [0.2, 0.25) is 0 Å². The Labute approximate surface area is 130 Å². The molecule has 0 radical (unpaired) electrons. The van der Waals surface area contributed by atoms with Gasteiger partial charge in [0.25, 0.3) is 5.91 Å². The van der Waals surface area contributed by atoms with Crippen LogP contribution in [-0.4, -0.2) is 32.1 Å². The minimum absolute atomic E-state index is 0.145. The lowest BCUT2D eigenvalue weighted by atomic mass is 10.1. The summed E-state index contributed by atoms with van der Waals surface area (Å²) < 4.78 is 9.27. The summed E-state index contributed by atoms with van der Waals surface area (Å²) in [5, 5.41) is 4.42. The number of ether oxygens (including phenoxy) is 2. The van der Waals surface area contributed by atoms with E-state index in [1.165, 1.54) is 43.8 Å². The Morgan fingerprint density at radius 3 is 2.05 bits per heavy atom. The van der Waals surface area contributed by atoms with Crippen molar-refractivity contribution in [2.75, 3.05) is 19.5 Å². The maximum atomic E-state index is 12.0. The normalized spacial score (nSPS) is 9.91. The van der Waals surface area contributed by atoms with E-state index in [0.717, 1.165) is 0 Å². The Balaban J connectivity index is 2.35. The molecule has 0 fully saturated rings. The lowest BCUT2D eigenvalue weighted by Crippen LogP contribution is -2.13. The Hall–Kier alpha value is -2.67. The van der Waals surface area contributed by atoms with Crippen LogP contribution in [0, 0.1) is 0 Å². The molecule has 6 nitrogen and oxygen atoms in total. The first-order chi connectivity index (χ1) is 10.5. The van der Waals surface area contributed by atoms with E-state index >= 15 is 0 Å². The predicted molar refractivity (Wildman–Crippen MR) is 81.4 cm³/mol. The number of carbonyl (C=O) groups is 3. The summed E-state index contributed by atoms with van der Waals surface area (Å²) in [6, 6.07) is 7.64. The maximum absolute atomic E-state index is 12.0. The van der Waals surface area contributed by atoms with Gasteiger partial charge in [-0.05, 0) is 29.6 Å². The highest BCUT2D eigenvalue weighted by Crippen LogP contribution is 2.19. The molecule has 1 aromatic carbocycles. The van der Waals surface area contributed by atoms with Crippen LogP contribution in [0.15, 0.2) is 35.7 Å². The van der Waals surface area contributed by atoms with Crippen molar-refractivity contribution in [1.29, 1.82) is 0 Å². The van der Waals surface area contributed by atoms with Crippen LogP contribution in [0.25, 0.3) is 0 Å². The molecule has 0 spiro atoms. The van der Waals surface area contributed by atoms with Gasteiger partial charge >= 0.3 is 11.9 Å². The van der Waals surface area contributed by atoms with Crippen molar-refractivity contribution in [2.45, 2.75) is 0 Å². The van der Waals surface area contributed by atoms with Crippen molar-refractivity contribution < 1.29 is 23.9 Å². The summed E-state index contributed by atoms with van der Waals surface area (Å²) in [5.74, 6) is -1.55. The molecule has 0 aliphatic rings. The first-order valence-electron chi connectivity index (χ1n) is 6.21. The second-order valence-electron chi connectivity index (χ2n) is 4.21. The van der Waals surface area contributed by atoms with Crippen LogP contribution >= 0.6 is 11.3 Å². The predicted octanol–water partition coefficient (Wildman–Crippen LogP) is 2.57. The molecular formula is C15H13NO5S. The zero-order chi connectivity index (χ0) is 16.1. The zero-order valence-corrected chi connectivity index (χ0v) is 12.7. The van der Waals surface area contributed by atoms with Crippen molar-refractivity contribution in [3.63, 3.8) is 0 Å². The first-order valence-corrected chi connectivity index (χ1v) is 7.09. The number of hydrogen-bond acceptors (Lipinski definition) is 6. The average Bonchev–Trinajstić information content (AvgIpc) is 3.07. The molecule has 7 heteroatoms. The Morgan fingerprint density at radius 1 is 1.00 bits per heavy atom. The van der Waals surface area contributed by atoms with E-state index in [1.807, 2.05) is 0 Å². The van der Waals surface area contributed by atoms with Crippen LogP contribution < -0.4 is 5.32 Å². The maximum Gasteiger partial charge on any atom is 0.337 e. The van der Waals surface area contributed by atoms with Gasteiger partial charge in [-0.3, -0.25) is 4.79 Å². The second-order valence-corrected chi connectivity index (χ2v) is 5.16. The molecule has 114 valence electrons. The van der Waals surface area contributed by atoms with Crippen molar-refractivity contribution in [3.05, 3.63) is 51.7 Å². The molecule has 0 bridgehead atoms. The van der Waals surface area contributed by atoms with Crippen LogP contribution in [0.4, 0.5) is 5.69 Å². The molecule has 1 heterocycles. The minimum atomic E-state index is -0.614. The molecular weight excluding hydrogens is 306 g/mol. The van der Waals surface area contributed by atoms with Gasteiger partial charge in [-0.1, -0.05) is 6.07 Å². The van der Waals surface area contributed by atoms with Gasteiger partial charge in [-0.25, -0.2) is 9.59 Å². The molecule has 2 rings (SSSR count). The topological polar surface area (TPSA) is 81.7 Å². The smallest absolute Gasteiger partial charge is 0.337 e. The second kappa shape index (κ2) is 6.86. The summed E-state index contributed by atoms with van der Waals surface area (Å²) in [5.41, 5.74) is 0.598. The number of carbonyl (C=O) groups excluding carboxylic acids is 3. The molecule has 0 unspecified atom stereocenters. The molecule has 0 aliphatic carbocycles. The lowest BCUT2D eigenvalue weighted by Gasteiger charge is -2.09. The number of esters is 2. The number of rotatable bonds is 4. The fourth-order valence-electron chi connectivity index (χ4n) is 1.77. The van der Waals surface area contributed by atoms with E-state index in [2.05, 4.69) is 14.8 Å². The van der Waals surface area contributed by atoms with Gasteiger partial charge in [0, 0.05) is 5.69 Å². The van der Waals surface area contributed by atoms with Crippen LogP contribution in [0.5, 0.6) is 0 Å². The molecule has 1 aromatic heterocycles. The number of thiophene rings is 1. The summed E-state index contributed by atoms with van der Waals surface area (Å²) >= 11 is 1.28. The van der Waals surface area contributed by atoms with E-state index in [9.17, 15) is 14.4 Å². The van der Waals surface area contributed by atoms with E-state index in [0.29, 0.717) is 10.6 Å². The first kappa shape index (κ1) is 15.7. The van der Waals surface area contributed by atoms with Gasteiger partial charge < -0.3 is 14.8 Å². The zero-order valence-electron chi connectivity index (χ0n) is 11.9. The largest absolute Gasteiger partial charge is 0.465 e. The molecule has 0 saturated carbocycles. The number of methoxy groups -OCH3 is 2. The standard InChI is InChI=1S/C15H13NO5S/c1-20-14(18)9-6-10(15(19)21-2)8-11(7-9)16-13(17)12-4-3-5-22-12/h3-8H,1-2H3,(H,16,17). The summed E-state index contributed by atoms with van der Waals surface area (Å²) in [4.78, 5) is 35.9. The number of anilines is 1. The highest BCUT2D eigenvalue weighted by molar-refractivity contribution is 7.12. The fraction of sp³-hybridized carbons (Fsp3) is 0.133. The third-order valence-corrected chi connectivity index (χ3v) is 3.65. The molecule has 0 saturated heterocycles. The van der Waals surface area contributed by atoms with Gasteiger partial charge in [0.1, 0.15) is 0 Å². The van der Waals surface area contributed by atoms with Crippen LogP contribution in [0.3, 0.4) is 0 Å². The average molecular weight is 319 g/mol. The van der Waals surface area contributed by atoms with Crippen LogP contribution in [-0.2, 0) is 9.47 Å². The van der Waals surface area contributed by atoms with E-state index in [1.54, 1.807) is 17.5 Å². The van der Waals surface area contributed by atoms with Gasteiger partial charge in [-0.15, -0.1) is 11.3 Å². The van der Waals surface area contributed by atoms with Crippen molar-refractivity contribution >= 4 is 34.9 Å². The van der Waals surface area contributed by atoms with Crippen LogP contribution in [0.2, 0.25) is 0 Å². The number of amides is 1. The van der Waals surface area contributed by atoms with Gasteiger partial charge in [-0.2, -0.15) is 0 Å². The van der Waals surface area contributed by atoms with Gasteiger partial charge in [0.05, 0.1) is 30.2 Å². The van der Waals surface area contributed by atoms with Crippen molar-refractivity contribution in [2.24, 2.45) is 0 Å².